The van der Waals surface area contributed by atoms with E-state index in [1.54, 1.807) is 0 Å². The Morgan fingerprint density at radius 3 is 2.81 bits per heavy atom. The van der Waals surface area contributed by atoms with E-state index in [-0.39, 0.29) is 5.91 Å². The second-order valence-electron chi connectivity index (χ2n) is 5.82. The summed E-state index contributed by atoms with van der Waals surface area (Å²) in [6.45, 7) is 5.30. The van der Waals surface area contributed by atoms with Crippen LogP contribution in [0.4, 0.5) is 0 Å². The number of likely N-dealkylation sites (tertiary alicyclic amines) is 1. The van der Waals surface area contributed by atoms with E-state index in [0.717, 1.165) is 32.4 Å². The predicted octanol–water partition coefficient (Wildman–Crippen LogP) is 2.39. The number of amides is 1. The number of hydrogen-bond acceptors (Lipinski definition) is 3. The molecule has 2 rings (SSSR count). The number of carbonyl (C=O) groups is 1. The van der Waals surface area contributed by atoms with Crippen molar-refractivity contribution in [3.8, 4) is 0 Å². The van der Waals surface area contributed by atoms with Crippen LogP contribution >= 0.6 is 0 Å². The zero-order chi connectivity index (χ0) is 14.9. The molecule has 0 aromatic carbocycles. The molecule has 0 aliphatic carbocycles. The molecule has 1 N–H and O–H groups in total. The fourth-order valence-corrected chi connectivity index (χ4v) is 2.82. The SMILES string of the molecule is CCC(=O)NC1CCN(CCCCc2ccccn2)CC1. The fourth-order valence-electron chi connectivity index (χ4n) is 2.82. The van der Waals surface area contributed by atoms with Crippen LogP contribution in [0.5, 0.6) is 0 Å². The Kier molecular flexibility index (Phi) is 6.67. The largest absolute Gasteiger partial charge is 0.353 e. The number of hydrogen-bond donors (Lipinski definition) is 1. The lowest BCUT2D eigenvalue weighted by Gasteiger charge is -2.32. The first-order valence-corrected chi connectivity index (χ1v) is 8.19. The molecule has 4 nitrogen and oxygen atoms in total. The summed E-state index contributed by atoms with van der Waals surface area (Å²) in [6, 6.07) is 6.51. The molecule has 1 fully saturated rings. The van der Waals surface area contributed by atoms with E-state index in [2.05, 4.69) is 27.3 Å². The monoisotopic (exact) mass is 289 g/mol. The first-order valence-electron chi connectivity index (χ1n) is 8.19. The quantitative estimate of drug-likeness (QED) is 0.784. The van der Waals surface area contributed by atoms with Crippen LogP contribution < -0.4 is 5.32 Å². The normalized spacial score (nSPS) is 16.8. The maximum Gasteiger partial charge on any atom is 0.219 e. The number of rotatable bonds is 7. The number of aryl methyl sites for hydroxylation is 1. The van der Waals surface area contributed by atoms with E-state index < -0.39 is 0 Å². The fraction of sp³-hybridized carbons (Fsp3) is 0.647. The van der Waals surface area contributed by atoms with Gasteiger partial charge in [-0.15, -0.1) is 0 Å². The Morgan fingerprint density at radius 1 is 1.33 bits per heavy atom. The Balaban J connectivity index is 1.56. The topological polar surface area (TPSA) is 45.2 Å². The zero-order valence-electron chi connectivity index (χ0n) is 13.1. The van der Waals surface area contributed by atoms with Crippen molar-refractivity contribution in [2.24, 2.45) is 0 Å². The highest BCUT2D eigenvalue weighted by molar-refractivity contribution is 5.75. The minimum absolute atomic E-state index is 0.184. The minimum atomic E-state index is 0.184. The van der Waals surface area contributed by atoms with Crippen LogP contribution in [0.15, 0.2) is 24.4 Å². The van der Waals surface area contributed by atoms with E-state index in [4.69, 9.17) is 0 Å². The summed E-state index contributed by atoms with van der Waals surface area (Å²) in [6.07, 6.45) is 8.13. The third-order valence-electron chi connectivity index (χ3n) is 4.16. The highest BCUT2D eigenvalue weighted by Crippen LogP contribution is 2.12. The van der Waals surface area contributed by atoms with Gasteiger partial charge < -0.3 is 10.2 Å². The zero-order valence-corrected chi connectivity index (χ0v) is 13.1. The summed E-state index contributed by atoms with van der Waals surface area (Å²) in [5.41, 5.74) is 1.19. The highest BCUT2D eigenvalue weighted by Gasteiger charge is 2.19. The minimum Gasteiger partial charge on any atom is -0.353 e. The molecule has 1 amide bonds. The molecule has 0 atom stereocenters. The van der Waals surface area contributed by atoms with Gasteiger partial charge in [0.1, 0.15) is 0 Å². The summed E-state index contributed by atoms with van der Waals surface area (Å²) in [5.74, 6) is 0.184. The van der Waals surface area contributed by atoms with Crippen molar-refractivity contribution in [3.63, 3.8) is 0 Å². The molecule has 2 heterocycles. The van der Waals surface area contributed by atoms with Crippen LogP contribution in [0.2, 0.25) is 0 Å². The molecule has 4 heteroatoms. The second kappa shape index (κ2) is 8.78. The van der Waals surface area contributed by atoms with Gasteiger partial charge in [0.2, 0.25) is 5.91 Å². The van der Waals surface area contributed by atoms with Crippen LogP contribution in [-0.2, 0) is 11.2 Å². The second-order valence-corrected chi connectivity index (χ2v) is 5.82. The number of carbonyl (C=O) groups excluding carboxylic acids is 1. The number of aromatic nitrogens is 1. The Labute approximate surface area is 127 Å². The van der Waals surface area contributed by atoms with E-state index in [9.17, 15) is 4.79 Å². The lowest BCUT2D eigenvalue weighted by atomic mass is 10.0. The Bertz CT molecular complexity index is 413. The predicted molar refractivity (Wildman–Crippen MR) is 85.1 cm³/mol. The van der Waals surface area contributed by atoms with Gasteiger partial charge in [0, 0.05) is 37.4 Å². The maximum absolute atomic E-state index is 11.4. The van der Waals surface area contributed by atoms with Crippen molar-refractivity contribution >= 4 is 5.91 Å². The molecule has 21 heavy (non-hydrogen) atoms. The Morgan fingerprint density at radius 2 is 2.14 bits per heavy atom. The lowest BCUT2D eigenvalue weighted by molar-refractivity contribution is -0.121. The molecule has 0 radical (unpaired) electrons. The molecular weight excluding hydrogens is 262 g/mol. The van der Waals surface area contributed by atoms with Crippen molar-refractivity contribution in [1.29, 1.82) is 0 Å². The van der Waals surface area contributed by atoms with Crippen LogP contribution in [0, 0.1) is 0 Å². The van der Waals surface area contributed by atoms with Gasteiger partial charge in [-0.1, -0.05) is 13.0 Å². The summed E-state index contributed by atoms with van der Waals surface area (Å²) in [7, 11) is 0. The molecule has 0 saturated carbocycles. The van der Waals surface area contributed by atoms with Crippen LogP contribution in [0.3, 0.4) is 0 Å². The lowest BCUT2D eigenvalue weighted by Crippen LogP contribution is -2.44. The van der Waals surface area contributed by atoms with E-state index in [0.29, 0.717) is 12.5 Å². The van der Waals surface area contributed by atoms with E-state index in [1.807, 2.05) is 19.2 Å². The maximum atomic E-state index is 11.4. The van der Waals surface area contributed by atoms with E-state index in [1.165, 1.54) is 25.1 Å². The van der Waals surface area contributed by atoms with Gasteiger partial charge >= 0.3 is 0 Å². The summed E-state index contributed by atoms with van der Waals surface area (Å²) in [4.78, 5) is 18.3. The third-order valence-corrected chi connectivity index (χ3v) is 4.16. The van der Waals surface area contributed by atoms with Crippen LogP contribution in [0.25, 0.3) is 0 Å². The molecule has 1 aliphatic rings. The van der Waals surface area contributed by atoms with Gasteiger partial charge in [-0.05, 0) is 50.8 Å². The average Bonchev–Trinajstić information content (AvgIpc) is 2.54. The molecule has 1 aromatic rings. The molecule has 1 saturated heterocycles. The smallest absolute Gasteiger partial charge is 0.219 e. The number of unbranched alkanes of at least 4 members (excludes halogenated alkanes) is 1. The number of nitrogens with zero attached hydrogens (tertiary/aromatic N) is 2. The van der Waals surface area contributed by atoms with Crippen molar-refractivity contribution in [3.05, 3.63) is 30.1 Å². The van der Waals surface area contributed by atoms with Crippen molar-refractivity contribution < 1.29 is 4.79 Å². The van der Waals surface area contributed by atoms with Gasteiger partial charge in [0.25, 0.3) is 0 Å². The van der Waals surface area contributed by atoms with Gasteiger partial charge in [0.15, 0.2) is 0 Å². The van der Waals surface area contributed by atoms with Crippen molar-refractivity contribution in [1.82, 2.24) is 15.2 Å². The average molecular weight is 289 g/mol. The molecule has 0 spiro atoms. The van der Waals surface area contributed by atoms with Crippen LogP contribution in [0.1, 0.15) is 44.7 Å². The first kappa shape index (κ1) is 16.0. The Hall–Kier alpha value is -1.42. The molecular formula is C17H27N3O. The molecule has 0 unspecified atom stereocenters. The summed E-state index contributed by atoms with van der Waals surface area (Å²) in [5, 5.41) is 3.10. The van der Waals surface area contributed by atoms with Gasteiger partial charge in [-0.3, -0.25) is 9.78 Å². The molecule has 116 valence electrons. The standard InChI is InChI=1S/C17H27N3O/c1-2-17(21)19-16-9-13-20(14-10-16)12-6-4-8-15-7-3-5-11-18-15/h3,5,7,11,16H,2,4,6,8-10,12-14H2,1H3,(H,19,21). The molecule has 0 bridgehead atoms. The van der Waals surface area contributed by atoms with Gasteiger partial charge in [0.05, 0.1) is 0 Å². The highest BCUT2D eigenvalue weighted by atomic mass is 16.1. The van der Waals surface area contributed by atoms with Gasteiger partial charge in [-0.25, -0.2) is 0 Å². The number of pyridine rings is 1. The summed E-state index contributed by atoms with van der Waals surface area (Å²) < 4.78 is 0. The number of nitrogens with one attached hydrogen (secondary N) is 1. The van der Waals surface area contributed by atoms with Crippen LogP contribution in [-0.4, -0.2) is 41.5 Å². The van der Waals surface area contributed by atoms with Gasteiger partial charge in [-0.2, -0.15) is 0 Å². The molecule has 1 aliphatic heterocycles. The summed E-state index contributed by atoms with van der Waals surface area (Å²) >= 11 is 0. The van der Waals surface area contributed by atoms with Crippen molar-refractivity contribution in [2.45, 2.75) is 51.5 Å². The molecule has 1 aromatic heterocycles. The van der Waals surface area contributed by atoms with Crippen molar-refractivity contribution in [2.75, 3.05) is 19.6 Å². The first-order chi connectivity index (χ1) is 10.3. The number of piperidine rings is 1. The third kappa shape index (κ3) is 5.84. The van der Waals surface area contributed by atoms with E-state index >= 15 is 0 Å².